The molecule has 0 fully saturated rings. The normalized spacial score (nSPS) is 20.1. The summed E-state index contributed by atoms with van der Waals surface area (Å²) in [5.74, 6) is -2.54. The van der Waals surface area contributed by atoms with Crippen molar-refractivity contribution in [3.8, 4) is 0 Å². The Bertz CT molecular complexity index is 741. The lowest BCUT2D eigenvalue weighted by atomic mass is 9.83. The van der Waals surface area contributed by atoms with E-state index < -0.39 is 17.9 Å². The molecule has 0 saturated heterocycles. The Morgan fingerprint density at radius 1 is 1.59 bits per heavy atom. The molecule has 2 aliphatic rings. The van der Waals surface area contributed by atoms with E-state index in [9.17, 15) is 19.9 Å². The lowest BCUT2D eigenvalue weighted by molar-refractivity contribution is -0.646. The highest BCUT2D eigenvalue weighted by Gasteiger charge is 2.41. The predicted octanol–water partition coefficient (Wildman–Crippen LogP) is 0.508. The van der Waals surface area contributed by atoms with Crippen LogP contribution in [0.1, 0.15) is 11.5 Å². The SMILES string of the molecule is CSc1c(C2C(C(=O)O)=CNC3=C2C(=O)OC3)ccc[n+]1[O-]. The van der Waals surface area contributed by atoms with Crippen LogP contribution in [0.4, 0.5) is 0 Å². The van der Waals surface area contributed by atoms with Crippen molar-refractivity contribution in [1.82, 2.24) is 5.32 Å². The molecule has 0 aliphatic carbocycles. The van der Waals surface area contributed by atoms with Gasteiger partial charge in [0, 0.05) is 17.8 Å². The van der Waals surface area contributed by atoms with Gasteiger partial charge in [-0.05, 0) is 12.3 Å². The zero-order chi connectivity index (χ0) is 15.9. The summed E-state index contributed by atoms with van der Waals surface area (Å²) >= 11 is 1.20. The highest BCUT2D eigenvalue weighted by atomic mass is 32.2. The topological polar surface area (TPSA) is 103 Å². The minimum Gasteiger partial charge on any atom is -0.618 e. The Labute approximate surface area is 129 Å². The number of carboxylic acids is 1. The number of ether oxygens (including phenoxy) is 1. The summed E-state index contributed by atoms with van der Waals surface area (Å²) in [4.78, 5) is 23.6. The lowest BCUT2D eigenvalue weighted by Gasteiger charge is -2.23. The van der Waals surface area contributed by atoms with Crippen molar-refractivity contribution in [3.63, 3.8) is 0 Å². The van der Waals surface area contributed by atoms with E-state index in [2.05, 4.69) is 5.32 Å². The van der Waals surface area contributed by atoms with E-state index in [0.717, 1.165) is 0 Å². The van der Waals surface area contributed by atoms with E-state index in [-0.39, 0.29) is 17.8 Å². The summed E-state index contributed by atoms with van der Waals surface area (Å²) in [6.07, 6.45) is 4.41. The zero-order valence-electron chi connectivity index (χ0n) is 11.5. The second-order valence-corrected chi connectivity index (χ2v) is 5.54. The summed E-state index contributed by atoms with van der Waals surface area (Å²) < 4.78 is 5.66. The number of rotatable bonds is 3. The quantitative estimate of drug-likeness (QED) is 0.362. The molecule has 2 N–H and O–H groups in total. The first-order valence-electron chi connectivity index (χ1n) is 6.40. The number of hydrogen-bond donors (Lipinski definition) is 2. The Morgan fingerprint density at radius 2 is 2.36 bits per heavy atom. The molecular weight excluding hydrogens is 308 g/mol. The summed E-state index contributed by atoms with van der Waals surface area (Å²) in [5, 5.41) is 24.5. The number of aliphatic carboxylic acids is 1. The predicted molar refractivity (Wildman–Crippen MR) is 76.8 cm³/mol. The summed E-state index contributed by atoms with van der Waals surface area (Å²) in [5.41, 5.74) is 1.26. The van der Waals surface area contributed by atoms with Gasteiger partial charge in [-0.25, -0.2) is 9.59 Å². The number of esters is 1. The molecule has 114 valence electrons. The maximum atomic E-state index is 12.0. The number of aromatic nitrogens is 1. The van der Waals surface area contributed by atoms with E-state index in [1.54, 1.807) is 12.3 Å². The van der Waals surface area contributed by atoms with Gasteiger partial charge < -0.3 is 20.4 Å². The molecule has 7 nitrogen and oxygen atoms in total. The number of carbonyl (C=O) groups excluding carboxylic acids is 1. The molecule has 1 unspecified atom stereocenters. The van der Waals surface area contributed by atoms with Gasteiger partial charge in [-0.2, -0.15) is 4.73 Å². The van der Waals surface area contributed by atoms with Crippen LogP contribution in [0, 0.1) is 5.21 Å². The van der Waals surface area contributed by atoms with Crippen molar-refractivity contribution in [1.29, 1.82) is 0 Å². The summed E-state index contributed by atoms with van der Waals surface area (Å²) in [7, 11) is 0. The van der Waals surface area contributed by atoms with Crippen molar-refractivity contribution in [2.75, 3.05) is 12.9 Å². The van der Waals surface area contributed by atoms with Crippen molar-refractivity contribution in [3.05, 3.63) is 52.1 Å². The van der Waals surface area contributed by atoms with Gasteiger partial charge in [-0.15, -0.1) is 0 Å². The molecule has 1 atom stereocenters. The van der Waals surface area contributed by atoms with Gasteiger partial charge in [0.15, 0.2) is 6.20 Å². The second kappa shape index (κ2) is 5.38. The third-order valence-corrected chi connectivity index (χ3v) is 4.39. The van der Waals surface area contributed by atoms with Crippen LogP contribution in [-0.2, 0) is 14.3 Å². The average Bonchev–Trinajstić information content (AvgIpc) is 2.87. The van der Waals surface area contributed by atoms with Crippen molar-refractivity contribution in [2.45, 2.75) is 10.9 Å². The molecule has 0 saturated carbocycles. The van der Waals surface area contributed by atoms with E-state index in [0.29, 0.717) is 21.0 Å². The maximum Gasteiger partial charge on any atom is 0.337 e. The highest BCUT2D eigenvalue weighted by molar-refractivity contribution is 7.98. The number of hydrogen-bond acceptors (Lipinski definition) is 6. The molecule has 2 aliphatic heterocycles. The van der Waals surface area contributed by atoms with Crippen LogP contribution in [0.5, 0.6) is 0 Å². The Morgan fingerprint density at radius 3 is 3.05 bits per heavy atom. The molecule has 0 spiro atoms. The molecule has 8 heteroatoms. The van der Waals surface area contributed by atoms with E-state index in [1.165, 1.54) is 30.2 Å². The fraction of sp³-hybridized carbons (Fsp3) is 0.214. The number of carbonyl (C=O) groups is 2. The lowest BCUT2D eigenvalue weighted by Crippen LogP contribution is -2.33. The largest absolute Gasteiger partial charge is 0.618 e. The first-order chi connectivity index (χ1) is 10.5. The Balaban J connectivity index is 2.21. The number of dihydropyridines is 1. The van der Waals surface area contributed by atoms with Crippen molar-refractivity contribution in [2.24, 2.45) is 0 Å². The number of cyclic esters (lactones) is 1. The second-order valence-electron chi connectivity index (χ2n) is 4.75. The average molecular weight is 320 g/mol. The molecule has 0 radical (unpaired) electrons. The van der Waals surface area contributed by atoms with Gasteiger partial charge in [-0.3, -0.25) is 0 Å². The molecule has 0 amide bonds. The van der Waals surface area contributed by atoms with Crippen molar-refractivity contribution < 1.29 is 24.2 Å². The third-order valence-electron chi connectivity index (χ3n) is 3.59. The zero-order valence-corrected chi connectivity index (χ0v) is 12.3. The Kier molecular flexibility index (Phi) is 3.53. The van der Waals surface area contributed by atoms with Crippen LogP contribution in [-0.4, -0.2) is 29.9 Å². The molecule has 1 aromatic rings. The number of thioether (sulfide) groups is 1. The van der Waals surface area contributed by atoms with Gasteiger partial charge >= 0.3 is 11.9 Å². The highest BCUT2D eigenvalue weighted by Crippen LogP contribution is 2.41. The smallest absolute Gasteiger partial charge is 0.337 e. The van der Waals surface area contributed by atoms with Crippen LogP contribution in [0.25, 0.3) is 0 Å². The van der Waals surface area contributed by atoms with E-state index in [1.807, 2.05) is 0 Å². The number of nitrogens with zero attached hydrogens (tertiary/aromatic N) is 1. The van der Waals surface area contributed by atoms with Crippen LogP contribution in [0.3, 0.4) is 0 Å². The number of pyridine rings is 1. The molecular formula is C14H12N2O5S. The molecule has 1 aromatic heterocycles. The van der Waals surface area contributed by atoms with Crippen LogP contribution >= 0.6 is 11.8 Å². The molecule has 0 aromatic carbocycles. The van der Waals surface area contributed by atoms with Crippen molar-refractivity contribution >= 4 is 23.7 Å². The summed E-state index contributed by atoms with van der Waals surface area (Å²) in [6.45, 7) is 0.0763. The monoisotopic (exact) mass is 320 g/mol. The van der Waals surface area contributed by atoms with Crippen LogP contribution in [0.2, 0.25) is 0 Å². The van der Waals surface area contributed by atoms with Crippen LogP contribution < -0.4 is 10.0 Å². The Hall–Kier alpha value is -2.48. The first kappa shape index (κ1) is 14.5. The van der Waals surface area contributed by atoms with Gasteiger partial charge in [-0.1, -0.05) is 11.8 Å². The summed E-state index contributed by atoms with van der Waals surface area (Å²) in [6, 6.07) is 3.19. The third kappa shape index (κ3) is 2.12. The fourth-order valence-electron chi connectivity index (χ4n) is 2.66. The fourth-order valence-corrected chi connectivity index (χ4v) is 3.32. The molecule has 3 rings (SSSR count). The van der Waals surface area contributed by atoms with Gasteiger partial charge in [0.1, 0.15) is 6.61 Å². The molecule has 3 heterocycles. The minimum absolute atomic E-state index is 0.000833. The molecule has 0 bridgehead atoms. The van der Waals surface area contributed by atoms with Gasteiger partial charge in [0.25, 0.3) is 5.03 Å². The minimum atomic E-state index is -1.16. The first-order valence-corrected chi connectivity index (χ1v) is 7.63. The van der Waals surface area contributed by atoms with Crippen LogP contribution in [0.15, 0.2) is 46.4 Å². The van der Waals surface area contributed by atoms with E-state index in [4.69, 9.17) is 4.74 Å². The molecule has 22 heavy (non-hydrogen) atoms. The number of nitrogens with one attached hydrogen (secondary N) is 1. The number of carboxylic acid groups (broad SMARTS) is 1. The standard InChI is InChI=1S/C14H12N2O5S/c1-22-12-7(3-2-4-16(12)20)10-8(13(17)18)5-15-9-6-21-14(19)11(9)10/h2-5,10,15H,6H2,1H3,(H,17,18). The van der Waals surface area contributed by atoms with Gasteiger partial charge in [0.2, 0.25) is 0 Å². The maximum absolute atomic E-state index is 12.0. The van der Waals surface area contributed by atoms with Gasteiger partial charge in [0.05, 0.1) is 22.8 Å². The van der Waals surface area contributed by atoms with E-state index >= 15 is 0 Å².